The van der Waals surface area contributed by atoms with Gasteiger partial charge in [0, 0.05) is 25.6 Å². The Bertz CT molecular complexity index is 1020. The molecule has 0 atom stereocenters. The van der Waals surface area contributed by atoms with Crippen molar-refractivity contribution in [3.8, 4) is 0 Å². The van der Waals surface area contributed by atoms with E-state index in [0.29, 0.717) is 13.1 Å². The van der Waals surface area contributed by atoms with Crippen LogP contribution in [-0.2, 0) is 16.6 Å². The standard InChI is InChI=1S/C21H25N3O2S/c1-2-27(25,26)23-14-12-18(13-15-23)21-22-19-10-6-7-11-20(19)24(21)16-17-8-4-3-5-9-17/h3-11,18H,2,12-16H2,1H3. The number of sulfonamides is 1. The molecule has 2 heterocycles. The maximum absolute atomic E-state index is 12.2. The molecule has 0 aliphatic carbocycles. The van der Waals surface area contributed by atoms with Gasteiger partial charge in [0.25, 0.3) is 0 Å². The van der Waals surface area contributed by atoms with Gasteiger partial charge in [-0.15, -0.1) is 0 Å². The van der Waals surface area contributed by atoms with E-state index in [0.717, 1.165) is 36.2 Å². The zero-order valence-corrected chi connectivity index (χ0v) is 16.4. The van der Waals surface area contributed by atoms with E-state index >= 15 is 0 Å². The summed E-state index contributed by atoms with van der Waals surface area (Å²) in [6.45, 7) is 3.65. The molecule has 6 heteroatoms. The third kappa shape index (κ3) is 3.64. The van der Waals surface area contributed by atoms with Crippen LogP contribution >= 0.6 is 0 Å². The molecule has 5 nitrogen and oxygen atoms in total. The fourth-order valence-corrected chi connectivity index (χ4v) is 5.05. The molecule has 142 valence electrons. The number of fused-ring (bicyclic) bond motifs is 1. The number of piperidine rings is 1. The second-order valence-corrected chi connectivity index (χ2v) is 9.36. The fourth-order valence-electron chi connectivity index (χ4n) is 3.91. The van der Waals surface area contributed by atoms with Gasteiger partial charge in [-0.25, -0.2) is 17.7 Å². The summed E-state index contributed by atoms with van der Waals surface area (Å²) in [4.78, 5) is 4.93. The molecule has 4 rings (SSSR count). The minimum atomic E-state index is -3.10. The number of hydrogen-bond acceptors (Lipinski definition) is 3. The highest BCUT2D eigenvalue weighted by Gasteiger charge is 2.30. The van der Waals surface area contributed by atoms with Crippen LogP contribution in [0.2, 0.25) is 0 Å². The van der Waals surface area contributed by atoms with E-state index in [9.17, 15) is 8.42 Å². The Labute approximate surface area is 160 Å². The third-order valence-electron chi connectivity index (χ3n) is 5.44. The van der Waals surface area contributed by atoms with Crippen LogP contribution in [0.15, 0.2) is 54.6 Å². The monoisotopic (exact) mass is 383 g/mol. The van der Waals surface area contributed by atoms with Crippen molar-refractivity contribution in [2.45, 2.75) is 32.2 Å². The van der Waals surface area contributed by atoms with Gasteiger partial charge in [0.2, 0.25) is 10.0 Å². The second-order valence-electron chi connectivity index (χ2n) is 7.10. The summed E-state index contributed by atoms with van der Waals surface area (Å²) in [6.07, 6.45) is 1.63. The molecule has 0 saturated carbocycles. The van der Waals surface area contributed by atoms with Gasteiger partial charge >= 0.3 is 0 Å². The van der Waals surface area contributed by atoms with E-state index < -0.39 is 10.0 Å². The van der Waals surface area contributed by atoms with E-state index in [-0.39, 0.29) is 11.7 Å². The lowest BCUT2D eigenvalue weighted by molar-refractivity contribution is 0.311. The van der Waals surface area contributed by atoms with Crippen LogP contribution in [0.5, 0.6) is 0 Å². The highest BCUT2D eigenvalue weighted by Crippen LogP contribution is 2.31. The van der Waals surface area contributed by atoms with Crippen molar-refractivity contribution in [2.75, 3.05) is 18.8 Å². The average molecular weight is 384 g/mol. The number of benzene rings is 2. The van der Waals surface area contributed by atoms with Crippen molar-refractivity contribution >= 4 is 21.1 Å². The molecule has 27 heavy (non-hydrogen) atoms. The Hall–Kier alpha value is -2.18. The zero-order valence-electron chi connectivity index (χ0n) is 15.6. The van der Waals surface area contributed by atoms with Crippen LogP contribution in [0.4, 0.5) is 0 Å². The summed E-state index contributed by atoms with van der Waals surface area (Å²) in [6, 6.07) is 18.6. The lowest BCUT2D eigenvalue weighted by Gasteiger charge is -2.31. The molecule has 0 amide bonds. The SMILES string of the molecule is CCS(=O)(=O)N1CCC(c2nc3ccccc3n2Cc2ccccc2)CC1. The maximum Gasteiger partial charge on any atom is 0.213 e. The van der Waals surface area contributed by atoms with Gasteiger partial charge in [0.05, 0.1) is 16.8 Å². The zero-order chi connectivity index (χ0) is 18.9. The first-order valence-corrected chi connectivity index (χ1v) is 11.2. The molecule has 1 aliphatic heterocycles. The first-order valence-electron chi connectivity index (χ1n) is 9.55. The molecule has 2 aromatic carbocycles. The van der Waals surface area contributed by atoms with Crippen molar-refractivity contribution in [1.29, 1.82) is 0 Å². The molecular formula is C21H25N3O2S. The summed E-state index contributed by atoms with van der Waals surface area (Å²) in [5.74, 6) is 1.53. The molecular weight excluding hydrogens is 358 g/mol. The summed E-state index contributed by atoms with van der Waals surface area (Å²) in [7, 11) is -3.10. The first kappa shape index (κ1) is 18.2. The predicted octanol–water partition coefficient (Wildman–Crippen LogP) is 3.61. The topological polar surface area (TPSA) is 55.2 Å². The third-order valence-corrected chi connectivity index (χ3v) is 7.33. The molecule has 0 unspecified atom stereocenters. The van der Waals surface area contributed by atoms with Crippen LogP contribution < -0.4 is 0 Å². The smallest absolute Gasteiger partial charge is 0.213 e. The maximum atomic E-state index is 12.2. The molecule has 1 aliphatic rings. The van der Waals surface area contributed by atoms with E-state index in [1.165, 1.54) is 5.56 Å². The molecule has 0 bridgehead atoms. The Kier molecular flexibility index (Phi) is 5.02. The fraction of sp³-hybridized carbons (Fsp3) is 0.381. The number of nitrogens with zero attached hydrogens (tertiary/aromatic N) is 3. The van der Waals surface area contributed by atoms with Crippen molar-refractivity contribution in [1.82, 2.24) is 13.9 Å². The summed E-state index contributed by atoms with van der Waals surface area (Å²) in [5.41, 5.74) is 3.39. The molecule has 1 saturated heterocycles. The van der Waals surface area contributed by atoms with Gasteiger partial charge < -0.3 is 4.57 Å². The van der Waals surface area contributed by atoms with Gasteiger partial charge in [0.15, 0.2) is 0 Å². The highest BCUT2D eigenvalue weighted by atomic mass is 32.2. The quantitative estimate of drug-likeness (QED) is 0.676. The van der Waals surface area contributed by atoms with Crippen molar-refractivity contribution in [3.05, 3.63) is 66.0 Å². The van der Waals surface area contributed by atoms with E-state index in [1.54, 1.807) is 11.2 Å². The van der Waals surface area contributed by atoms with E-state index in [1.807, 2.05) is 18.2 Å². The van der Waals surface area contributed by atoms with Crippen molar-refractivity contribution in [2.24, 2.45) is 0 Å². The minimum Gasteiger partial charge on any atom is -0.323 e. The lowest BCUT2D eigenvalue weighted by atomic mass is 9.97. The van der Waals surface area contributed by atoms with Gasteiger partial charge in [-0.1, -0.05) is 42.5 Å². The summed E-state index contributed by atoms with van der Waals surface area (Å²) >= 11 is 0. The molecule has 0 N–H and O–H groups in total. The summed E-state index contributed by atoms with van der Waals surface area (Å²) < 4.78 is 28.2. The Balaban J connectivity index is 1.65. The lowest BCUT2D eigenvalue weighted by Crippen LogP contribution is -2.39. The largest absolute Gasteiger partial charge is 0.323 e. The molecule has 3 aromatic rings. The average Bonchev–Trinajstić information content (AvgIpc) is 3.07. The van der Waals surface area contributed by atoms with Gasteiger partial charge in [-0.3, -0.25) is 0 Å². The number of imidazole rings is 1. The number of hydrogen-bond donors (Lipinski definition) is 0. The highest BCUT2D eigenvalue weighted by molar-refractivity contribution is 7.89. The van der Waals surface area contributed by atoms with Crippen LogP contribution in [0.1, 0.15) is 37.1 Å². The van der Waals surface area contributed by atoms with Crippen molar-refractivity contribution < 1.29 is 8.42 Å². The van der Waals surface area contributed by atoms with Gasteiger partial charge in [-0.05, 0) is 37.5 Å². The number of para-hydroxylation sites is 2. The van der Waals surface area contributed by atoms with Crippen LogP contribution in [0.25, 0.3) is 11.0 Å². The molecule has 0 spiro atoms. The van der Waals surface area contributed by atoms with Crippen LogP contribution in [0, 0.1) is 0 Å². The minimum absolute atomic E-state index is 0.171. The van der Waals surface area contributed by atoms with E-state index in [4.69, 9.17) is 4.98 Å². The predicted molar refractivity (Wildman–Crippen MR) is 108 cm³/mol. The van der Waals surface area contributed by atoms with Crippen molar-refractivity contribution in [3.63, 3.8) is 0 Å². The second kappa shape index (κ2) is 7.44. The van der Waals surface area contributed by atoms with Crippen LogP contribution in [0.3, 0.4) is 0 Å². The van der Waals surface area contributed by atoms with Gasteiger partial charge in [0.1, 0.15) is 5.82 Å². The summed E-state index contributed by atoms with van der Waals surface area (Å²) in [5, 5.41) is 0. The normalized spacial score (nSPS) is 16.8. The Morgan fingerprint density at radius 3 is 2.37 bits per heavy atom. The Morgan fingerprint density at radius 1 is 1.00 bits per heavy atom. The molecule has 1 fully saturated rings. The first-order chi connectivity index (χ1) is 13.1. The molecule has 1 aromatic heterocycles. The van der Waals surface area contributed by atoms with E-state index in [2.05, 4.69) is 41.0 Å². The Morgan fingerprint density at radius 2 is 1.67 bits per heavy atom. The molecule has 0 radical (unpaired) electrons. The number of aromatic nitrogens is 2. The number of rotatable bonds is 5. The van der Waals surface area contributed by atoms with Crippen LogP contribution in [-0.4, -0.2) is 41.1 Å². The van der Waals surface area contributed by atoms with Gasteiger partial charge in [-0.2, -0.15) is 0 Å².